The van der Waals surface area contributed by atoms with Crippen molar-refractivity contribution in [1.82, 2.24) is 20.1 Å². The molecule has 7 nitrogen and oxygen atoms in total. The summed E-state index contributed by atoms with van der Waals surface area (Å²) >= 11 is 6.10. The Morgan fingerprint density at radius 2 is 2.13 bits per heavy atom. The Labute approximate surface area is 141 Å². The smallest absolute Gasteiger partial charge is 0.249 e. The number of anilines is 3. The maximum Gasteiger partial charge on any atom is 0.249 e. The molecule has 0 amide bonds. The first-order chi connectivity index (χ1) is 11.1. The lowest BCUT2D eigenvalue weighted by molar-refractivity contribution is 0.405. The number of halogens is 1. The SMILES string of the molecule is COc1ccc(Nc2nncc(NCCCN(C)C)n2)cc1Cl. The van der Waals surface area contributed by atoms with Gasteiger partial charge in [0, 0.05) is 12.2 Å². The van der Waals surface area contributed by atoms with Gasteiger partial charge in [-0.25, -0.2) is 0 Å². The third-order valence-corrected chi connectivity index (χ3v) is 3.35. The van der Waals surface area contributed by atoms with Crippen molar-refractivity contribution < 1.29 is 4.74 Å². The van der Waals surface area contributed by atoms with Gasteiger partial charge in [-0.2, -0.15) is 10.1 Å². The van der Waals surface area contributed by atoms with Crippen molar-refractivity contribution in [2.24, 2.45) is 0 Å². The first kappa shape index (κ1) is 17.2. The number of ether oxygens (including phenoxy) is 1. The normalized spacial score (nSPS) is 10.7. The van der Waals surface area contributed by atoms with E-state index in [1.807, 2.05) is 20.2 Å². The van der Waals surface area contributed by atoms with E-state index in [2.05, 4.69) is 30.7 Å². The molecule has 0 bridgehead atoms. The van der Waals surface area contributed by atoms with E-state index < -0.39 is 0 Å². The number of methoxy groups -OCH3 is 1. The molecule has 0 unspecified atom stereocenters. The quantitative estimate of drug-likeness (QED) is 0.718. The third kappa shape index (κ3) is 5.54. The molecule has 1 heterocycles. The van der Waals surface area contributed by atoms with Crippen molar-refractivity contribution in [3.63, 3.8) is 0 Å². The average Bonchev–Trinajstić information content (AvgIpc) is 2.52. The summed E-state index contributed by atoms with van der Waals surface area (Å²) < 4.78 is 5.12. The van der Waals surface area contributed by atoms with Crippen LogP contribution in [0.4, 0.5) is 17.5 Å². The highest BCUT2D eigenvalue weighted by Crippen LogP contribution is 2.28. The van der Waals surface area contributed by atoms with Crippen LogP contribution in [-0.2, 0) is 0 Å². The first-order valence-electron chi connectivity index (χ1n) is 7.27. The van der Waals surface area contributed by atoms with Gasteiger partial charge in [-0.15, -0.1) is 5.10 Å². The molecule has 0 aliphatic carbocycles. The predicted octanol–water partition coefficient (Wildman–Crippen LogP) is 2.64. The topological polar surface area (TPSA) is 75.2 Å². The fraction of sp³-hybridized carbons (Fsp3) is 0.400. The number of nitrogens with zero attached hydrogens (tertiary/aromatic N) is 4. The Balaban J connectivity index is 1.95. The summed E-state index contributed by atoms with van der Waals surface area (Å²) in [6, 6.07) is 5.37. The maximum atomic E-state index is 6.10. The van der Waals surface area contributed by atoms with E-state index in [4.69, 9.17) is 16.3 Å². The van der Waals surface area contributed by atoms with E-state index in [1.165, 1.54) is 0 Å². The summed E-state index contributed by atoms with van der Waals surface area (Å²) in [5.41, 5.74) is 0.766. The predicted molar refractivity (Wildman–Crippen MR) is 92.8 cm³/mol. The van der Waals surface area contributed by atoms with Gasteiger partial charge in [-0.3, -0.25) is 0 Å². The molecule has 1 aromatic carbocycles. The van der Waals surface area contributed by atoms with Crippen LogP contribution in [0, 0.1) is 0 Å². The van der Waals surface area contributed by atoms with Gasteiger partial charge in [0.2, 0.25) is 5.95 Å². The fourth-order valence-corrected chi connectivity index (χ4v) is 2.18. The number of aromatic nitrogens is 3. The molecule has 1 aromatic heterocycles. The molecule has 2 rings (SSSR count). The second kappa shape index (κ2) is 8.50. The van der Waals surface area contributed by atoms with Crippen LogP contribution in [-0.4, -0.2) is 54.4 Å². The summed E-state index contributed by atoms with van der Waals surface area (Å²) in [4.78, 5) is 6.51. The van der Waals surface area contributed by atoms with Crippen LogP contribution in [0.1, 0.15) is 6.42 Å². The highest BCUT2D eigenvalue weighted by Gasteiger charge is 2.05. The zero-order valence-electron chi connectivity index (χ0n) is 13.5. The Morgan fingerprint density at radius 3 is 2.83 bits per heavy atom. The monoisotopic (exact) mass is 336 g/mol. The zero-order valence-corrected chi connectivity index (χ0v) is 14.3. The Hall–Kier alpha value is -2.12. The van der Waals surface area contributed by atoms with E-state index >= 15 is 0 Å². The van der Waals surface area contributed by atoms with Gasteiger partial charge in [0.25, 0.3) is 0 Å². The van der Waals surface area contributed by atoms with Crippen molar-refractivity contribution in [1.29, 1.82) is 0 Å². The number of benzene rings is 1. The second-order valence-corrected chi connectivity index (χ2v) is 5.63. The molecule has 0 aliphatic heterocycles. The minimum atomic E-state index is 0.406. The van der Waals surface area contributed by atoms with Gasteiger partial charge < -0.3 is 20.3 Å². The van der Waals surface area contributed by atoms with Crippen LogP contribution in [0.5, 0.6) is 5.75 Å². The van der Waals surface area contributed by atoms with Gasteiger partial charge in [0.05, 0.1) is 18.3 Å². The van der Waals surface area contributed by atoms with E-state index in [0.29, 0.717) is 22.5 Å². The van der Waals surface area contributed by atoms with Gasteiger partial charge >= 0.3 is 0 Å². The van der Waals surface area contributed by atoms with Crippen molar-refractivity contribution in [2.75, 3.05) is 44.9 Å². The molecule has 0 atom stereocenters. The Bertz CT molecular complexity index is 637. The van der Waals surface area contributed by atoms with Gasteiger partial charge in [0.15, 0.2) is 5.82 Å². The second-order valence-electron chi connectivity index (χ2n) is 5.22. The minimum absolute atomic E-state index is 0.406. The van der Waals surface area contributed by atoms with Crippen molar-refractivity contribution in [3.05, 3.63) is 29.4 Å². The van der Waals surface area contributed by atoms with Crippen LogP contribution in [0.2, 0.25) is 5.02 Å². The summed E-state index contributed by atoms with van der Waals surface area (Å²) in [6.45, 7) is 1.84. The standard InChI is InChI=1S/C15H21ClN6O/c1-22(2)8-4-7-17-14-10-18-21-15(20-14)19-11-5-6-13(23-3)12(16)9-11/h5-6,9-10H,4,7-8H2,1-3H3,(H2,17,19,20,21). The third-order valence-electron chi connectivity index (χ3n) is 3.05. The summed E-state index contributed by atoms with van der Waals surface area (Å²) in [5.74, 6) is 1.71. The fourth-order valence-electron chi connectivity index (χ4n) is 1.93. The molecule has 0 saturated carbocycles. The molecule has 0 fully saturated rings. The van der Waals surface area contributed by atoms with Crippen LogP contribution in [0.15, 0.2) is 24.4 Å². The first-order valence-corrected chi connectivity index (χ1v) is 7.65. The van der Waals surface area contributed by atoms with Crippen molar-refractivity contribution in [3.8, 4) is 5.75 Å². The highest BCUT2D eigenvalue weighted by atomic mass is 35.5. The lowest BCUT2D eigenvalue weighted by atomic mass is 10.3. The van der Waals surface area contributed by atoms with Crippen LogP contribution in [0.25, 0.3) is 0 Å². The molecular formula is C15H21ClN6O. The molecular weight excluding hydrogens is 316 g/mol. The molecule has 23 heavy (non-hydrogen) atoms. The minimum Gasteiger partial charge on any atom is -0.495 e. The van der Waals surface area contributed by atoms with Crippen LogP contribution < -0.4 is 15.4 Å². The van der Waals surface area contributed by atoms with Crippen molar-refractivity contribution >= 4 is 29.1 Å². The number of hydrogen-bond donors (Lipinski definition) is 2. The number of nitrogens with one attached hydrogen (secondary N) is 2. The molecule has 0 radical (unpaired) electrons. The number of hydrogen-bond acceptors (Lipinski definition) is 7. The molecule has 0 saturated heterocycles. The lowest BCUT2D eigenvalue weighted by Crippen LogP contribution is -2.17. The Morgan fingerprint density at radius 1 is 1.30 bits per heavy atom. The van der Waals surface area contributed by atoms with E-state index in [9.17, 15) is 0 Å². The molecule has 124 valence electrons. The molecule has 2 aromatic rings. The maximum absolute atomic E-state index is 6.10. The lowest BCUT2D eigenvalue weighted by Gasteiger charge is -2.11. The van der Waals surface area contributed by atoms with Crippen molar-refractivity contribution in [2.45, 2.75) is 6.42 Å². The number of rotatable bonds is 8. The summed E-state index contributed by atoms with van der Waals surface area (Å²) in [5, 5.41) is 14.7. The average molecular weight is 337 g/mol. The molecule has 2 N–H and O–H groups in total. The van der Waals surface area contributed by atoms with Gasteiger partial charge in [0.1, 0.15) is 5.75 Å². The van der Waals surface area contributed by atoms with Gasteiger partial charge in [-0.1, -0.05) is 11.6 Å². The van der Waals surface area contributed by atoms with E-state index in [-0.39, 0.29) is 0 Å². The van der Waals surface area contributed by atoms with Crippen LogP contribution in [0.3, 0.4) is 0 Å². The summed E-state index contributed by atoms with van der Waals surface area (Å²) in [7, 11) is 5.68. The van der Waals surface area contributed by atoms with Crippen LogP contribution >= 0.6 is 11.6 Å². The largest absolute Gasteiger partial charge is 0.495 e. The zero-order chi connectivity index (χ0) is 16.7. The van der Waals surface area contributed by atoms with Gasteiger partial charge in [-0.05, 0) is 45.3 Å². The highest BCUT2D eigenvalue weighted by molar-refractivity contribution is 6.32. The molecule has 0 spiro atoms. The van der Waals surface area contributed by atoms with E-state index in [0.717, 1.165) is 25.2 Å². The molecule has 0 aliphatic rings. The van der Waals surface area contributed by atoms with E-state index in [1.54, 1.807) is 25.4 Å². The Kier molecular flexibility index (Phi) is 6.37. The summed E-state index contributed by atoms with van der Waals surface area (Å²) in [6.07, 6.45) is 2.62. The molecule has 8 heteroatoms.